The van der Waals surface area contributed by atoms with Crippen LogP contribution in [0.5, 0.6) is 5.75 Å². The summed E-state index contributed by atoms with van der Waals surface area (Å²) < 4.78 is 5.42. The lowest BCUT2D eigenvalue weighted by molar-refractivity contribution is -0.385. The van der Waals surface area contributed by atoms with Gasteiger partial charge in [-0.1, -0.05) is 18.2 Å². The number of carbonyl (C=O) groups excluding carboxylic acids is 4. The largest absolute Gasteiger partial charge is 0.491 e. The molecule has 11 heteroatoms. The fourth-order valence-electron chi connectivity index (χ4n) is 2.90. The van der Waals surface area contributed by atoms with E-state index in [0.29, 0.717) is 4.90 Å². The third kappa shape index (κ3) is 4.09. The first-order valence-electron chi connectivity index (χ1n) is 8.73. The summed E-state index contributed by atoms with van der Waals surface area (Å²) in [4.78, 5) is 59.3. The van der Waals surface area contributed by atoms with Crippen molar-refractivity contribution in [3.05, 3.63) is 63.7 Å². The molecule has 11 nitrogen and oxygen atoms in total. The third-order valence-electron chi connectivity index (χ3n) is 4.24. The van der Waals surface area contributed by atoms with E-state index < -0.39 is 40.8 Å². The Labute approximate surface area is 169 Å². The van der Waals surface area contributed by atoms with Crippen LogP contribution in [0.3, 0.4) is 0 Å². The Morgan fingerprint density at radius 3 is 2.53 bits per heavy atom. The smallest absolute Gasteiger partial charge is 0.282 e. The molecule has 2 aromatic carbocycles. The van der Waals surface area contributed by atoms with Crippen molar-refractivity contribution in [2.24, 2.45) is 5.73 Å². The first kappa shape index (κ1) is 20.5. The Balaban J connectivity index is 1.73. The molecule has 0 aliphatic carbocycles. The summed E-state index contributed by atoms with van der Waals surface area (Å²) in [5.41, 5.74) is 4.35. The summed E-state index contributed by atoms with van der Waals surface area (Å²) in [6.45, 7) is -0.636. The van der Waals surface area contributed by atoms with E-state index in [2.05, 4.69) is 5.32 Å². The maximum atomic E-state index is 12.5. The minimum Gasteiger partial charge on any atom is -0.491 e. The van der Waals surface area contributed by atoms with E-state index in [9.17, 15) is 29.3 Å². The quantitative estimate of drug-likeness (QED) is 0.372. The SMILES string of the molecule is NC(=O)CCOc1ccccc1NC(=O)CN1C(=O)c2cccc([N+](=O)[O-])c2C1=O. The molecule has 0 spiro atoms. The Kier molecular flexibility index (Phi) is 5.72. The average Bonchev–Trinajstić information content (AvgIpc) is 2.94. The van der Waals surface area contributed by atoms with E-state index in [0.717, 1.165) is 6.07 Å². The zero-order valence-electron chi connectivity index (χ0n) is 15.5. The van der Waals surface area contributed by atoms with Crippen molar-refractivity contribution in [2.75, 3.05) is 18.5 Å². The van der Waals surface area contributed by atoms with Crippen LogP contribution < -0.4 is 15.8 Å². The number of imide groups is 1. The van der Waals surface area contributed by atoms with Gasteiger partial charge in [0.25, 0.3) is 17.5 Å². The van der Waals surface area contributed by atoms with Crippen molar-refractivity contribution in [1.82, 2.24) is 4.90 Å². The fraction of sp³-hybridized carbons (Fsp3) is 0.158. The molecule has 0 fully saturated rings. The molecule has 0 bridgehead atoms. The summed E-state index contributed by atoms with van der Waals surface area (Å²) in [5, 5.41) is 13.7. The van der Waals surface area contributed by atoms with Crippen molar-refractivity contribution in [2.45, 2.75) is 6.42 Å². The van der Waals surface area contributed by atoms with Crippen molar-refractivity contribution in [3.8, 4) is 5.75 Å². The predicted octanol–water partition coefficient (Wildman–Crippen LogP) is 1.08. The topological polar surface area (TPSA) is 162 Å². The van der Waals surface area contributed by atoms with E-state index in [4.69, 9.17) is 10.5 Å². The monoisotopic (exact) mass is 412 g/mol. The van der Waals surface area contributed by atoms with Gasteiger partial charge in [-0.3, -0.25) is 34.2 Å². The summed E-state index contributed by atoms with van der Waals surface area (Å²) >= 11 is 0. The van der Waals surface area contributed by atoms with E-state index >= 15 is 0 Å². The number of nitro groups is 1. The minimum atomic E-state index is -0.913. The van der Waals surface area contributed by atoms with Gasteiger partial charge < -0.3 is 15.8 Å². The summed E-state index contributed by atoms with van der Waals surface area (Å²) in [5.74, 6) is -2.69. The Bertz CT molecular complexity index is 1070. The molecule has 154 valence electrons. The lowest BCUT2D eigenvalue weighted by atomic mass is 10.1. The van der Waals surface area contributed by atoms with Gasteiger partial charge in [0.15, 0.2) is 0 Å². The van der Waals surface area contributed by atoms with Gasteiger partial charge in [0.1, 0.15) is 17.9 Å². The molecule has 1 heterocycles. The molecule has 0 saturated carbocycles. The number of carbonyl (C=O) groups is 4. The van der Waals surface area contributed by atoms with Crippen LogP contribution in [-0.4, -0.2) is 46.6 Å². The molecule has 0 aromatic heterocycles. The van der Waals surface area contributed by atoms with Crippen molar-refractivity contribution >= 4 is 35.0 Å². The van der Waals surface area contributed by atoms with E-state index in [1.807, 2.05) is 0 Å². The van der Waals surface area contributed by atoms with Crippen LogP contribution in [0.4, 0.5) is 11.4 Å². The third-order valence-corrected chi connectivity index (χ3v) is 4.24. The Morgan fingerprint density at radius 1 is 1.10 bits per heavy atom. The van der Waals surface area contributed by atoms with Gasteiger partial charge >= 0.3 is 0 Å². The maximum Gasteiger partial charge on any atom is 0.282 e. The molecule has 1 aliphatic heterocycles. The second-order valence-corrected chi connectivity index (χ2v) is 6.26. The van der Waals surface area contributed by atoms with Crippen LogP contribution in [0.2, 0.25) is 0 Å². The van der Waals surface area contributed by atoms with Crippen molar-refractivity contribution in [1.29, 1.82) is 0 Å². The first-order valence-corrected chi connectivity index (χ1v) is 8.73. The Morgan fingerprint density at radius 2 is 1.83 bits per heavy atom. The second-order valence-electron chi connectivity index (χ2n) is 6.26. The zero-order chi connectivity index (χ0) is 21.8. The van der Waals surface area contributed by atoms with Crippen LogP contribution in [0, 0.1) is 10.1 Å². The molecule has 0 unspecified atom stereocenters. The normalized spacial score (nSPS) is 12.5. The molecule has 3 rings (SSSR count). The van der Waals surface area contributed by atoms with Gasteiger partial charge in [0.2, 0.25) is 11.8 Å². The number of benzene rings is 2. The number of nitro benzene ring substituents is 1. The van der Waals surface area contributed by atoms with Crippen molar-refractivity contribution in [3.63, 3.8) is 0 Å². The number of hydrogen-bond acceptors (Lipinski definition) is 7. The number of nitrogens with zero attached hydrogens (tertiary/aromatic N) is 2. The van der Waals surface area contributed by atoms with Gasteiger partial charge in [0.05, 0.1) is 29.2 Å². The number of ether oxygens (including phenoxy) is 1. The number of fused-ring (bicyclic) bond motifs is 1. The number of primary amides is 1. The average molecular weight is 412 g/mol. The molecule has 1 aliphatic rings. The van der Waals surface area contributed by atoms with E-state index in [1.165, 1.54) is 18.2 Å². The number of nitrogens with one attached hydrogen (secondary N) is 1. The van der Waals surface area contributed by atoms with Gasteiger partial charge in [-0.15, -0.1) is 0 Å². The maximum absolute atomic E-state index is 12.5. The lowest BCUT2D eigenvalue weighted by Crippen LogP contribution is -2.37. The highest BCUT2D eigenvalue weighted by Crippen LogP contribution is 2.31. The van der Waals surface area contributed by atoms with Gasteiger partial charge in [-0.2, -0.15) is 0 Å². The number of para-hydroxylation sites is 2. The highest BCUT2D eigenvalue weighted by molar-refractivity contribution is 6.24. The Hall–Kier alpha value is -4.28. The van der Waals surface area contributed by atoms with Gasteiger partial charge in [-0.25, -0.2) is 0 Å². The molecule has 0 radical (unpaired) electrons. The number of anilines is 1. The molecule has 30 heavy (non-hydrogen) atoms. The zero-order valence-corrected chi connectivity index (χ0v) is 15.5. The molecular weight excluding hydrogens is 396 g/mol. The van der Waals surface area contributed by atoms with Crippen LogP contribution >= 0.6 is 0 Å². The molecule has 0 atom stereocenters. The number of amides is 4. The lowest BCUT2D eigenvalue weighted by Gasteiger charge is -2.15. The summed E-state index contributed by atoms with van der Waals surface area (Å²) in [7, 11) is 0. The molecule has 4 amide bonds. The summed E-state index contributed by atoms with van der Waals surface area (Å²) in [6.07, 6.45) is -0.0178. The van der Waals surface area contributed by atoms with Crippen LogP contribution in [0.1, 0.15) is 27.1 Å². The number of nitrogens with two attached hydrogens (primary N) is 1. The first-order chi connectivity index (χ1) is 14.3. The van der Waals surface area contributed by atoms with Gasteiger partial charge in [-0.05, 0) is 18.2 Å². The number of hydrogen-bond donors (Lipinski definition) is 2. The van der Waals surface area contributed by atoms with Crippen LogP contribution in [0.25, 0.3) is 0 Å². The molecule has 2 aromatic rings. The predicted molar refractivity (Wildman–Crippen MR) is 103 cm³/mol. The van der Waals surface area contributed by atoms with Gasteiger partial charge in [0, 0.05) is 6.07 Å². The van der Waals surface area contributed by atoms with Crippen molar-refractivity contribution < 1.29 is 28.8 Å². The summed E-state index contributed by atoms with van der Waals surface area (Å²) in [6, 6.07) is 10.1. The van der Waals surface area contributed by atoms with Crippen LogP contribution in [0.15, 0.2) is 42.5 Å². The fourth-order valence-corrected chi connectivity index (χ4v) is 2.90. The number of rotatable bonds is 8. The van der Waals surface area contributed by atoms with Crippen LogP contribution in [-0.2, 0) is 9.59 Å². The van der Waals surface area contributed by atoms with E-state index in [-0.39, 0.29) is 35.6 Å². The minimum absolute atomic E-state index is 0.00426. The molecule has 0 saturated heterocycles. The van der Waals surface area contributed by atoms with E-state index in [1.54, 1.807) is 18.2 Å². The molecule has 3 N–H and O–H groups in total. The standard InChI is InChI=1S/C19H16N4O7/c20-15(24)8-9-30-14-7-2-1-5-12(14)21-16(25)10-22-18(26)11-4-3-6-13(23(28)29)17(11)19(22)27/h1-7H,8-10H2,(H2,20,24)(H,21,25). The molecular formula is C19H16N4O7. The highest BCUT2D eigenvalue weighted by Gasteiger charge is 2.41. The highest BCUT2D eigenvalue weighted by atomic mass is 16.6. The second kappa shape index (κ2) is 8.39.